The van der Waals surface area contributed by atoms with Gasteiger partial charge < -0.3 is 43.7 Å². The number of esters is 4. The van der Waals surface area contributed by atoms with Crippen LogP contribution in [0, 0.1) is 0 Å². The second-order valence-electron chi connectivity index (χ2n) is 8.76. The monoisotopic (exact) mass is 526 g/mol. The highest BCUT2D eigenvalue weighted by atomic mass is 16.7. The molecule has 0 heterocycles. The van der Waals surface area contributed by atoms with E-state index in [0.717, 1.165) is 7.11 Å². The molecule has 13 nitrogen and oxygen atoms in total. The molecule has 36 heavy (non-hydrogen) atoms. The Morgan fingerprint density at radius 1 is 0.694 bits per heavy atom. The molecule has 0 aromatic rings. The van der Waals surface area contributed by atoms with Crippen LogP contribution in [-0.4, -0.2) is 103 Å². The van der Waals surface area contributed by atoms with E-state index >= 15 is 0 Å². The number of hydrogen-bond donors (Lipinski definition) is 3. The van der Waals surface area contributed by atoms with Crippen LogP contribution in [0.25, 0.3) is 0 Å². The zero-order valence-corrected chi connectivity index (χ0v) is 22.3. The molecule has 0 aliphatic heterocycles. The molecule has 0 radical (unpaired) electrons. The van der Waals surface area contributed by atoms with Gasteiger partial charge in [-0.3, -0.25) is 19.2 Å². The van der Waals surface area contributed by atoms with Gasteiger partial charge in [-0.25, -0.2) is 0 Å². The number of ether oxygens (including phenoxy) is 6. The molecule has 0 aliphatic rings. The molecule has 0 spiro atoms. The summed E-state index contributed by atoms with van der Waals surface area (Å²) >= 11 is 0. The van der Waals surface area contributed by atoms with E-state index in [-0.39, 0.29) is 33.2 Å². The van der Waals surface area contributed by atoms with E-state index in [0.29, 0.717) is 12.8 Å². The van der Waals surface area contributed by atoms with E-state index in [1.165, 1.54) is 14.0 Å². The minimum atomic E-state index is -1.41. The molecule has 0 aromatic heterocycles. The lowest BCUT2D eigenvalue weighted by atomic mass is 10.1. The fourth-order valence-electron chi connectivity index (χ4n) is 1.92. The SMILES string of the molecule is CCC(C)(CO)OC(=O)CC(=O)OC.CCC(C)(O)COCOCC(C)(O)COC(=O)CC(=O)OC. The molecule has 0 fully saturated rings. The number of methoxy groups -OCH3 is 2. The van der Waals surface area contributed by atoms with Crippen molar-refractivity contribution in [2.75, 3.05) is 47.4 Å². The number of aliphatic hydroxyl groups is 3. The minimum absolute atomic E-state index is 0.109. The Morgan fingerprint density at radius 2 is 1.17 bits per heavy atom. The van der Waals surface area contributed by atoms with E-state index in [1.54, 1.807) is 20.8 Å². The van der Waals surface area contributed by atoms with Crippen molar-refractivity contribution in [1.29, 1.82) is 0 Å². The average Bonchev–Trinajstić information content (AvgIpc) is 2.82. The van der Waals surface area contributed by atoms with E-state index in [9.17, 15) is 29.4 Å². The number of carbonyl (C=O) groups excluding carboxylic acids is 4. The molecule has 3 unspecified atom stereocenters. The van der Waals surface area contributed by atoms with Crippen LogP contribution in [0.2, 0.25) is 0 Å². The molecule has 3 atom stereocenters. The topological polar surface area (TPSA) is 184 Å². The number of hydrogen-bond acceptors (Lipinski definition) is 13. The molecular weight excluding hydrogens is 484 g/mol. The van der Waals surface area contributed by atoms with Crippen molar-refractivity contribution in [3.8, 4) is 0 Å². The Kier molecular flexibility index (Phi) is 17.9. The zero-order chi connectivity index (χ0) is 28.4. The van der Waals surface area contributed by atoms with E-state index < -0.39 is 53.5 Å². The second kappa shape index (κ2) is 18.0. The Hall–Kier alpha value is -2.32. The third-order valence-electron chi connectivity index (χ3n) is 4.77. The van der Waals surface area contributed by atoms with Crippen LogP contribution in [0.4, 0.5) is 0 Å². The highest BCUT2D eigenvalue weighted by Crippen LogP contribution is 2.15. The Bertz CT molecular complexity index is 669. The van der Waals surface area contributed by atoms with Crippen molar-refractivity contribution in [2.24, 2.45) is 0 Å². The molecule has 0 aliphatic carbocycles. The van der Waals surface area contributed by atoms with Crippen molar-refractivity contribution in [2.45, 2.75) is 77.1 Å². The van der Waals surface area contributed by atoms with E-state index in [2.05, 4.69) is 9.47 Å². The smallest absolute Gasteiger partial charge is 0.317 e. The van der Waals surface area contributed by atoms with Gasteiger partial charge in [-0.15, -0.1) is 0 Å². The van der Waals surface area contributed by atoms with Crippen LogP contribution in [0.3, 0.4) is 0 Å². The lowest BCUT2D eigenvalue weighted by Crippen LogP contribution is -2.38. The molecule has 13 heteroatoms. The van der Waals surface area contributed by atoms with Gasteiger partial charge in [0.2, 0.25) is 0 Å². The van der Waals surface area contributed by atoms with Crippen molar-refractivity contribution in [3.05, 3.63) is 0 Å². The van der Waals surface area contributed by atoms with Gasteiger partial charge in [0.05, 0.1) is 39.6 Å². The maximum atomic E-state index is 11.3. The molecule has 3 N–H and O–H groups in total. The van der Waals surface area contributed by atoms with Crippen LogP contribution in [-0.2, 0) is 47.6 Å². The summed E-state index contributed by atoms with van der Waals surface area (Å²) in [7, 11) is 2.36. The number of aliphatic hydroxyl groups excluding tert-OH is 1. The highest BCUT2D eigenvalue weighted by molar-refractivity contribution is 5.91. The summed E-state index contributed by atoms with van der Waals surface area (Å²) in [6.07, 6.45) is 0.0893. The van der Waals surface area contributed by atoms with Gasteiger partial charge in [0.25, 0.3) is 0 Å². The first kappa shape index (κ1) is 35.8. The van der Waals surface area contributed by atoms with Gasteiger partial charge in [-0.1, -0.05) is 13.8 Å². The minimum Gasteiger partial charge on any atom is -0.469 e. The van der Waals surface area contributed by atoms with Crippen LogP contribution < -0.4 is 0 Å². The van der Waals surface area contributed by atoms with Crippen molar-refractivity contribution in [1.82, 2.24) is 0 Å². The Labute approximate surface area is 211 Å². The molecular formula is C23H42O13. The maximum Gasteiger partial charge on any atom is 0.317 e. The molecule has 212 valence electrons. The summed E-state index contributed by atoms with van der Waals surface area (Å²) in [4.78, 5) is 43.9. The first-order chi connectivity index (χ1) is 16.6. The Balaban J connectivity index is 0. The van der Waals surface area contributed by atoms with Crippen LogP contribution in [0.5, 0.6) is 0 Å². The average molecular weight is 527 g/mol. The predicted octanol–water partition coefficient (Wildman–Crippen LogP) is 0.249. The van der Waals surface area contributed by atoms with Crippen molar-refractivity contribution >= 4 is 23.9 Å². The normalized spacial score (nSPS) is 15.6. The third-order valence-corrected chi connectivity index (χ3v) is 4.77. The molecule has 0 bridgehead atoms. The summed E-state index contributed by atoms with van der Waals surface area (Å²) < 4.78 is 28.5. The summed E-state index contributed by atoms with van der Waals surface area (Å²) in [5.41, 5.74) is -3.25. The summed E-state index contributed by atoms with van der Waals surface area (Å²) in [6.45, 7) is 7.55. The van der Waals surface area contributed by atoms with Crippen LogP contribution in [0.1, 0.15) is 60.3 Å². The molecule has 0 rings (SSSR count). The third kappa shape index (κ3) is 18.9. The van der Waals surface area contributed by atoms with Gasteiger partial charge in [0.1, 0.15) is 37.4 Å². The number of carbonyl (C=O) groups is 4. The second-order valence-corrected chi connectivity index (χ2v) is 8.76. The van der Waals surface area contributed by atoms with Gasteiger partial charge in [-0.05, 0) is 33.6 Å². The first-order valence-corrected chi connectivity index (χ1v) is 11.3. The highest BCUT2D eigenvalue weighted by Gasteiger charge is 2.27. The molecule has 0 amide bonds. The lowest BCUT2D eigenvalue weighted by Gasteiger charge is -2.25. The van der Waals surface area contributed by atoms with Gasteiger partial charge in [-0.2, -0.15) is 0 Å². The summed E-state index contributed by atoms with van der Waals surface area (Å²) in [5, 5.41) is 28.6. The predicted molar refractivity (Wildman–Crippen MR) is 124 cm³/mol. The van der Waals surface area contributed by atoms with Crippen molar-refractivity contribution < 1.29 is 62.9 Å². The Morgan fingerprint density at radius 3 is 1.58 bits per heavy atom. The number of rotatable bonds is 16. The van der Waals surface area contributed by atoms with Crippen molar-refractivity contribution in [3.63, 3.8) is 0 Å². The molecule has 0 aromatic carbocycles. The van der Waals surface area contributed by atoms with E-state index in [4.69, 9.17) is 24.1 Å². The van der Waals surface area contributed by atoms with Crippen LogP contribution >= 0.6 is 0 Å². The quantitative estimate of drug-likeness (QED) is 0.0818. The maximum absolute atomic E-state index is 11.3. The standard InChI is InChI=1S/C14H26O8.C9H16O5/c1-5-13(2,17)7-20-10-21-8-14(3,18)9-22-12(16)6-11(15)19-4;1-4-9(2,6-10)14-8(12)5-7(11)13-3/h17-18H,5-10H2,1-4H3;10H,4-6H2,1-3H3. The fourth-order valence-corrected chi connectivity index (χ4v) is 1.92. The van der Waals surface area contributed by atoms with Gasteiger partial charge >= 0.3 is 23.9 Å². The van der Waals surface area contributed by atoms with E-state index in [1.807, 2.05) is 6.92 Å². The van der Waals surface area contributed by atoms with Crippen LogP contribution in [0.15, 0.2) is 0 Å². The molecule has 0 saturated carbocycles. The largest absolute Gasteiger partial charge is 0.469 e. The summed E-state index contributed by atoms with van der Waals surface area (Å²) in [5.74, 6) is -2.83. The fraction of sp³-hybridized carbons (Fsp3) is 0.826. The zero-order valence-electron chi connectivity index (χ0n) is 22.3. The molecule has 0 saturated heterocycles. The van der Waals surface area contributed by atoms with Gasteiger partial charge in [0.15, 0.2) is 0 Å². The van der Waals surface area contributed by atoms with Gasteiger partial charge in [0, 0.05) is 0 Å². The lowest BCUT2D eigenvalue weighted by molar-refractivity contribution is -0.167. The summed E-state index contributed by atoms with van der Waals surface area (Å²) in [6, 6.07) is 0. The first-order valence-electron chi connectivity index (χ1n) is 11.3.